The molecule has 7 nitrogen and oxygen atoms in total. The van der Waals surface area contributed by atoms with Crippen LogP contribution >= 0.6 is 0 Å². The summed E-state index contributed by atoms with van der Waals surface area (Å²) in [7, 11) is 0. The Morgan fingerprint density at radius 1 is 1.24 bits per heavy atom. The highest BCUT2D eigenvalue weighted by Gasteiger charge is 2.30. The van der Waals surface area contributed by atoms with E-state index in [-0.39, 0.29) is 42.6 Å². The standard InChI is InChI=1S/C24H23F2N5O2/c1-13-7-18(14(2)28-19-6-4-3-5-17(19)24(32)33)22-20(8-13)29-21(10-27)23(30-22)31-11-15(25)9-16(26)12-31/h3-8,14-16,28H,9,11-12H2,1-2H3,(H,32,33)/t14-,15?,16?/m1/s1. The van der Waals surface area contributed by atoms with Crippen LogP contribution in [0.1, 0.15) is 46.6 Å². The Balaban J connectivity index is 1.80. The van der Waals surface area contributed by atoms with E-state index in [1.807, 2.05) is 26.0 Å². The number of piperidine rings is 1. The molecule has 1 aliphatic rings. The molecule has 0 saturated carbocycles. The number of benzene rings is 2. The second-order valence-electron chi connectivity index (χ2n) is 8.28. The van der Waals surface area contributed by atoms with Crippen molar-refractivity contribution in [3.63, 3.8) is 0 Å². The number of hydrogen-bond acceptors (Lipinski definition) is 6. The molecule has 1 aromatic heterocycles. The largest absolute Gasteiger partial charge is 0.478 e. The molecule has 0 amide bonds. The summed E-state index contributed by atoms with van der Waals surface area (Å²) in [4.78, 5) is 22.1. The number of halogens is 2. The number of nitrogens with one attached hydrogen (secondary N) is 1. The topological polar surface area (TPSA) is 102 Å². The third-order valence-corrected chi connectivity index (χ3v) is 5.68. The lowest BCUT2D eigenvalue weighted by molar-refractivity contribution is 0.0698. The number of nitrogens with zero attached hydrogens (tertiary/aromatic N) is 4. The van der Waals surface area contributed by atoms with Crippen LogP contribution in [0.25, 0.3) is 11.0 Å². The summed E-state index contributed by atoms with van der Waals surface area (Å²) in [5, 5.41) is 22.3. The normalized spacial score (nSPS) is 19.2. The number of carboxylic acid groups (broad SMARTS) is 1. The van der Waals surface area contributed by atoms with Crippen LogP contribution in [0, 0.1) is 18.3 Å². The van der Waals surface area contributed by atoms with Crippen molar-refractivity contribution in [1.82, 2.24) is 9.97 Å². The quantitative estimate of drug-likeness (QED) is 0.586. The minimum Gasteiger partial charge on any atom is -0.478 e. The molecular formula is C24H23F2N5O2. The van der Waals surface area contributed by atoms with Gasteiger partial charge in [0.25, 0.3) is 0 Å². The second kappa shape index (κ2) is 8.98. The van der Waals surface area contributed by atoms with E-state index < -0.39 is 18.3 Å². The molecule has 0 spiro atoms. The molecule has 0 aliphatic carbocycles. The molecule has 3 atom stereocenters. The van der Waals surface area contributed by atoms with Gasteiger partial charge in [-0.15, -0.1) is 0 Å². The van der Waals surface area contributed by atoms with Crippen molar-refractivity contribution in [1.29, 1.82) is 5.26 Å². The number of nitriles is 1. The summed E-state index contributed by atoms with van der Waals surface area (Å²) in [6.07, 6.45) is -2.89. The lowest BCUT2D eigenvalue weighted by Crippen LogP contribution is -2.43. The minimum atomic E-state index is -1.36. The molecule has 1 fully saturated rings. The van der Waals surface area contributed by atoms with Crippen LogP contribution in [0.5, 0.6) is 0 Å². The SMILES string of the molecule is Cc1cc([C@@H](C)Nc2ccccc2C(=O)O)c2nc(N3CC(F)CC(F)C3)c(C#N)nc2c1. The first-order valence-electron chi connectivity index (χ1n) is 10.6. The lowest BCUT2D eigenvalue weighted by Gasteiger charge is -2.32. The van der Waals surface area contributed by atoms with Gasteiger partial charge in [-0.05, 0) is 37.6 Å². The Hall–Kier alpha value is -3.80. The number of para-hydroxylation sites is 1. The summed E-state index contributed by atoms with van der Waals surface area (Å²) in [5.41, 5.74) is 3.18. The second-order valence-corrected chi connectivity index (χ2v) is 8.28. The van der Waals surface area contributed by atoms with E-state index in [2.05, 4.69) is 15.3 Å². The smallest absolute Gasteiger partial charge is 0.337 e. The van der Waals surface area contributed by atoms with E-state index in [1.54, 1.807) is 24.3 Å². The van der Waals surface area contributed by atoms with Crippen LogP contribution in [0.3, 0.4) is 0 Å². The number of aromatic carboxylic acids is 1. The third-order valence-electron chi connectivity index (χ3n) is 5.68. The van der Waals surface area contributed by atoms with Crippen molar-refractivity contribution in [3.8, 4) is 6.07 Å². The molecule has 2 N–H and O–H groups in total. The first-order chi connectivity index (χ1) is 15.8. The zero-order chi connectivity index (χ0) is 23.7. The van der Waals surface area contributed by atoms with Gasteiger partial charge in [-0.1, -0.05) is 18.2 Å². The zero-order valence-electron chi connectivity index (χ0n) is 18.2. The van der Waals surface area contributed by atoms with Crippen LogP contribution < -0.4 is 10.2 Å². The number of carbonyl (C=O) groups is 1. The summed E-state index contributed by atoms with van der Waals surface area (Å²) in [6, 6.07) is 11.9. The van der Waals surface area contributed by atoms with Crippen LogP contribution in [0.4, 0.5) is 20.3 Å². The number of aromatic nitrogens is 2. The Morgan fingerprint density at radius 3 is 2.61 bits per heavy atom. The monoisotopic (exact) mass is 451 g/mol. The van der Waals surface area contributed by atoms with E-state index in [0.717, 1.165) is 11.1 Å². The van der Waals surface area contributed by atoms with Gasteiger partial charge in [0.1, 0.15) is 18.4 Å². The molecule has 2 unspecified atom stereocenters. The average molecular weight is 451 g/mol. The van der Waals surface area contributed by atoms with Crippen molar-refractivity contribution < 1.29 is 18.7 Å². The fourth-order valence-electron chi connectivity index (χ4n) is 4.21. The molecule has 1 saturated heterocycles. The van der Waals surface area contributed by atoms with Gasteiger partial charge in [-0.25, -0.2) is 23.5 Å². The van der Waals surface area contributed by atoms with Crippen molar-refractivity contribution in [2.45, 2.75) is 38.7 Å². The summed E-state index contributed by atoms with van der Waals surface area (Å²) < 4.78 is 28.1. The number of rotatable bonds is 5. The highest BCUT2D eigenvalue weighted by Crippen LogP contribution is 2.31. The Bertz CT molecular complexity index is 1250. The van der Waals surface area contributed by atoms with Crippen molar-refractivity contribution in [2.75, 3.05) is 23.3 Å². The summed E-state index contributed by atoms with van der Waals surface area (Å²) in [6.45, 7) is 3.63. The van der Waals surface area contributed by atoms with Gasteiger partial charge < -0.3 is 15.3 Å². The number of fused-ring (bicyclic) bond motifs is 1. The van der Waals surface area contributed by atoms with Crippen molar-refractivity contribution in [2.24, 2.45) is 0 Å². The maximum absolute atomic E-state index is 14.1. The molecule has 2 heterocycles. The fraction of sp³-hybridized carbons (Fsp3) is 0.333. The number of carboxylic acids is 1. The Morgan fingerprint density at radius 2 is 1.94 bits per heavy atom. The fourth-order valence-corrected chi connectivity index (χ4v) is 4.21. The van der Waals surface area contributed by atoms with Gasteiger partial charge in [-0.3, -0.25) is 0 Å². The Kier molecular flexibility index (Phi) is 6.09. The molecule has 0 radical (unpaired) electrons. The van der Waals surface area contributed by atoms with Gasteiger partial charge in [0.2, 0.25) is 0 Å². The molecule has 0 bridgehead atoms. The van der Waals surface area contributed by atoms with Crippen LogP contribution in [-0.4, -0.2) is 46.5 Å². The number of hydrogen-bond donors (Lipinski definition) is 2. The van der Waals surface area contributed by atoms with Crippen LogP contribution in [0.15, 0.2) is 36.4 Å². The maximum Gasteiger partial charge on any atom is 0.337 e. The lowest BCUT2D eigenvalue weighted by atomic mass is 10.0. The molecule has 170 valence electrons. The van der Waals surface area contributed by atoms with E-state index in [0.29, 0.717) is 16.7 Å². The van der Waals surface area contributed by atoms with Gasteiger partial charge in [0, 0.05) is 17.7 Å². The molecule has 1 aliphatic heterocycles. The maximum atomic E-state index is 14.1. The highest BCUT2D eigenvalue weighted by atomic mass is 19.1. The van der Waals surface area contributed by atoms with Gasteiger partial charge in [0.05, 0.1) is 35.7 Å². The van der Waals surface area contributed by atoms with E-state index in [4.69, 9.17) is 0 Å². The molecular weight excluding hydrogens is 428 g/mol. The zero-order valence-corrected chi connectivity index (χ0v) is 18.2. The predicted molar refractivity (Wildman–Crippen MR) is 121 cm³/mol. The van der Waals surface area contributed by atoms with E-state index >= 15 is 0 Å². The van der Waals surface area contributed by atoms with Gasteiger partial charge in [-0.2, -0.15) is 5.26 Å². The van der Waals surface area contributed by atoms with Crippen LogP contribution in [-0.2, 0) is 0 Å². The first-order valence-corrected chi connectivity index (χ1v) is 10.6. The first kappa shape index (κ1) is 22.4. The van der Waals surface area contributed by atoms with Crippen molar-refractivity contribution in [3.05, 3.63) is 58.8 Å². The van der Waals surface area contributed by atoms with E-state index in [1.165, 1.54) is 11.0 Å². The average Bonchev–Trinajstić information content (AvgIpc) is 2.77. The molecule has 9 heteroatoms. The van der Waals surface area contributed by atoms with Crippen LogP contribution in [0.2, 0.25) is 0 Å². The number of anilines is 2. The van der Waals surface area contributed by atoms with Gasteiger partial charge >= 0.3 is 5.97 Å². The minimum absolute atomic E-state index is 0.0113. The molecule has 3 aromatic rings. The molecule has 33 heavy (non-hydrogen) atoms. The van der Waals surface area contributed by atoms with Gasteiger partial charge in [0.15, 0.2) is 11.5 Å². The van der Waals surface area contributed by atoms with Crippen molar-refractivity contribution >= 4 is 28.5 Å². The molecule has 2 aromatic carbocycles. The Labute approximate surface area is 189 Å². The molecule has 4 rings (SSSR count). The summed E-state index contributed by atoms with van der Waals surface area (Å²) in [5.74, 6) is -0.898. The number of alkyl halides is 2. The summed E-state index contributed by atoms with van der Waals surface area (Å²) >= 11 is 0. The third kappa shape index (κ3) is 4.55. The highest BCUT2D eigenvalue weighted by molar-refractivity contribution is 5.94. The number of aryl methyl sites for hydroxylation is 1. The van der Waals surface area contributed by atoms with E-state index in [9.17, 15) is 23.9 Å². The predicted octanol–water partition coefficient (Wildman–Crippen LogP) is 4.57.